The molecule has 2 aliphatic heterocycles. The zero-order chi connectivity index (χ0) is 23.4. The second-order valence-corrected chi connectivity index (χ2v) is 9.55. The van der Waals surface area contributed by atoms with Crippen molar-refractivity contribution in [3.8, 4) is 0 Å². The topological polar surface area (TPSA) is 42.1 Å². The Hall–Kier alpha value is -2.73. The van der Waals surface area contributed by atoms with Crippen LogP contribution in [-0.2, 0) is 6.54 Å². The molecule has 4 rings (SSSR count). The van der Waals surface area contributed by atoms with E-state index >= 15 is 0 Å². The highest BCUT2D eigenvalue weighted by Crippen LogP contribution is 2.29. The van der Waals surface area contributed by atoms with Crippen LogP contribution < -0.4 is 15.1 Å². The second-order valence-electron chi connectivity index (χ2n) is 9.55. The van der Waals surface area contributed by atoms with Crippen molar-refractivity contribution in [1.29, 1.82) is 0 Å². The van der Waals surface area contributed by atoms with Crippen LogP contribution in [0, 0.1) is 6.92 Å². The first-order valence-corrected chi connectivity index (χ1v) is 12.4. The molecule has 1 N–H and O–H groups in total. The van der Waals surface area contributed by atoms with Gasteiger partial charge in [0.15, 0.2) is 0 Å². The van der Waals surface area contributed by atoms with E-state index in [2.05, 4.69) is 89.3 Å². The molecule has 2 aromatic rings. The van der Waals surface area contributed by atoms with Crippen molar-refractivity contribution in [2.24, 2.45) is 0 Å². The molecule has 33 heavy (non-hydrogen) atoms. The average molecular weight is 450 g/mol. The van der Waals surface area contributed by atoms with Gasteiger partial charge in [-0.3, -0.25) is 4.90 Å². The van der Waals surface area contributed by atoms with Crippen LogP contribution in [0.5, 0.6) is 0 Å². The van der Waals surface area contributed by atoms with E-state index in [1.807, 2.05) is 11.8 Å². The number of carbonyl (C=O) groups excluding carboxylic acids is 1. The van der Waals surface area contributed by atoms with E-state index < -0.39 is 0 Å². The van der Waals surface area contributed by atoms with E-state index in [9.17, 15) is 4.79 Å². The summed E-state index contributed by atoms with van der Waals surface area (Å²) in [6, 6.07) is 18.5. The zero-order valence-electron chi connectivity index (χ0n) is 20.6. The summed E-state index contributed by atoms with van der Waals surface area (Å²) >= 11 is 0. The lowest BCUT2D eigenvalue weighted by atomic mass is 10.1. The molecule has 0 bridgehead atoms. The molecule has 0 saturated carbocycles. The van der Waals surface area contributed by atoms with E-state index in [1.165, 1.54) is 22.5 Å². The number of benzene rings is 2. The monoisotopic (exact) mass is 449 g/mol. The molecule has 2 amide bonds. The molecule has 0 aromatic heterocycles. The number of hydrogen-bond donors (Lipinski definition) is 1. The summed E-state index contributed by atoms with van der Waals surface area (Å²) < 4.78 is 0. The molecule has 2 atom stereocenters. The van der Waals surface area contributed by atoms with Crippen LogP contribution in [0.3, 0.4) is 0 Å². The zero-order valence-corrected chi connectivity index (χ0v) is 20.6. The second kappa shape index (κ2) is 10.5. The minimum absolute atomic E-state index is 0.0519. The van der Waals surface area contributed by atoms with Crippen LogP contribution in [-0.4, -0.2) is 73.7 Å². The van der Waals surface area contributed by atoms with Crippen molar-refractivity contribution in [2.45, 2.75) is 46.3 Å². The molecule has 178 valence electrons. The Morgan fingerprint density at radius 2 is 1.76 bits per heavy atom. The van der Waals surface area contributed by atoms with Crippen molar-refractivity contribution in [3.63, 3.8) is 0 Å². The van der Waals surface area contributed by atoms with Crippen molar-refractivity contribution in [2.75, 3.05) is 55.6 Å². The largest absolute Gasteiger partial charge is 0.368 e. The lowest BCUT2D eigenvalue weighted by molar-refractivity contribution is 0.181. The van der Waals surface area contributed by atoms with Gasteiger partial charge in [0.05, 0.1) is 0 Å². The van der Waals surface area contributed by atoms with Crippen molar-refractivity contribution in [3.05, 3.63) is 59.7 Å². The molecule has 0 spiro atoms. The summed E-state index contributed by atoms with van der Waals surface area (Å²) in [6.45, 7) is 16.0. The summed E-state index contributed by atoms with van der Waals surface area (Å²) in [7, 11) is 0. The van der Waals surface area contributed by atoms with Gasteiger partial charge in [0, 0.05) is 75.8 Å². The summed E-state index contributed by atoms with van der Waals surface area (Å²) in [4.78, 5) is 21.7. The third kappa shape index (κ3) is 5.44. The van der Waals surface area contributed by atoms with Gasteiger partial charge < -0.3 is 20.0 Å². The number of rotatable bonds is 5. The number of hydrogen-bond acceptors (Lipinski definition) is 4. The Bertz CT molecular complexity index is 933. The normalized spacial score (nSPS) is 21.9. The number of amides is 2. The van der Waals surface area contributed by atoms with Gasteiger partial charge in [-0.25, -0.2) is 4.79 Å². The molecule has 2 aromatic carbocycles. The van der Waals surface area contributed by atoms with E-state index in [0.717, 1.165) is 45.8 Å². The van der Waals surface area contributed by atoms with Crippen LogP contribution in [0.1, 0.15) is 31.9 Å². The van der Waals surface area contributed by atoms with E-state index in [1.54, 1.807) is 0 Å². The summed E-state index contributed by atoms with van der Waals surface area (Å²) in [5, 5.41) is 2.92. The summed E-state index contributed by atoms with van der Waals surface area (Å²) in [5.74, 6) is 0. The smallest absolute Gasteiger partial charge is 0.317 e. The fourth-order valence-electron chi connectivity index (χ4n) is 5.23. The molecule has 0 radical (unpaired) electrons. The van der Waals surface area contributed by atoms with Crippen molar-refractivity contribution >= 4 is 17.4 Å². The number of anilines is 2. The summed E-state index contributed by atoms with van der Waals surface area (Å²) in [6.07, 6.45) is 0. The molecular formula is C27H39N5O. The number of piperazine rings is 2. The standard InChI is InChI=1S/C27H39N5O/c1-5-28-27(33)31-15-16-32(23(4)19-31)25-11-12-26(21(2)17-25)30-14-13-29(22(3)18-30)20-24-9-7-6-8-10-24/h6-12,17,22-23H,5,13-16,18-20H2,1-4H3,(H,28,33)/t22-,23+/m1/s1. The van der Waals surface area contributed by atoms with Crippen molar-refractivity contribution in [1.82, 2.24) is 15.1 Å². The lowest BCUT2D eigenvalue weighted by Gasteiger charge is -2.43. The highest BCUT2D eigenvalue weighted by molar-refractivity contribution is 5.74. The molecule has 6 nitrogen and oxygen atoms in total. The van der Waals surface area contributed by atoms with E-state index in [4.69, 9.17) is 0 Å². The fourth-order valence-corrected chi connectivity index (χ4v) is 5.23. The molecule has 0 unspecified atom stereocenters. The Morgan fingerprint density at radius 1 is 0.970 bits per heavy atom. The van der Waals surface area contributed by atoms with Crippen LogP contribution in [0.4, 0.5) is 16.2 Å². The van der Waals surface area contributed by atoms with Crippen LogP contribution in [0.2, 0.25) is 0 Å². The number of nitrogens with zero attached hydrogens (tertiary/aromatic N) is 4. The van der Waals surface area contributed by atoms with Gasteiger partial charge in [-0.1, -0.05) is 30.3 Å². The third-order valence-corrected chi connectivity index (χ3v) is 7.09. The highest BCUT2D eigenvalue weighted by Gasteiger charge is 2.28. The van der Waals surface area contributed by atoms with Gasteiger partial charge in [-0.05, 0) is 57.0 Å². The minimum atomic E-state index is 0.0519. The van der Waals surface area contributed by atoms with Gasteiger partial charge in [-0.15, -0.1) is 0 Å². The summed E-state index contributed by atoms with van der Waals surface area (Å²) in [5.41, 5.74) is 5.32. The Balaban J connectivity index is 1.38. The number of carbonyl (C=O) groups is 1. The van der Waals surface area contributed by atoms with E-state index in [0.29, 0.717) is 18.6 Å². The first-order chi connectivity index (χ1) is 16.0. The molecule has 6 heteroatoms. The van der Waals surface area contributed by atoms with Crippen LogP contribution in [0.15, 0.2) is 48.5 Å². The Morgan fingerprint density at radius 3 is 2.42 bits per heavy atom. The highest BCUT2D eigenvalue weighted by atomic mass is 16.2. The third-order valence-electron chi connectivity index (χ3n) is 7.09. The molecular weight excluding hydrogens is 410 g/mol. The maximum atomic E-state index is 12.2. The molecule has 0 aliphatic carbocycles. The maximum Gasteiger partial charge on any atom is 0.317 e. The lowest BCUT2D eigenvalue weighted by Crippen LogP contribution is -2.56. The Labute approximate surface area is 199 Å². The van der Waals surface area contributed by atoms with Crippen LogP contribution in [0.25, 0.3) is 0 Å². The number of nitrogens with one attached hydrogen (secondary N) is 1. The van der Waals surface area contributed by atoms with Gasteiger partial charge >= 0.3 is 6.03 Å². The van der Waals surface area contributed by atoms with Gasteiger partial charge in [-0.2, -0.15) is 0 Å². The predicted octanol–water partition coefficient (Wildman–Crippen LogP) is 3.95. The average Bonchev–Trinajstić information content (AvgIpc) is 2.81. The number of urea groups is 1. The predicted molar refractivity (Wildman–Crippen MR) is 137 cm³/mol. The quantitative estimate of drug-likeness (QED) is 0.751. The first kappa shape index (κ1) is 23.4. The molecule has 2 fully saturated rings. The van der Waals surface area contributed by atoms with Crippen LogP contribution >= 0.6 is 0 Å². The minimum Gasteiger partial charge on any atom is -0.368 e. The van der Waals surface area contributed by atoms with Gasteiger partial charge in [0.1, 0.15) is 0 Å². The number of aryl methyl sites for hydroxylation is 1. The van der Waals surface area contributed by atoms with Crippen molar-refractivity contribution < 1.29 is 4.79 Å². The SMILES string of the molecule is CCNC(=O)N1CCN(c2ccc(N3CCN(Cc4ccccc4)[C@H](C)C3)c(C)c2)[C@@H](C)C1. The Kier molecular flexibility index (Phi) is 7.43. The fraction of sp³-hybridized carbons (Fsp3) is 0.519. The van der Waals surface area contributed by atoms with Gasteiger partial charge in [0.25, 0.3) is 0 Å². The molecule has 2 aliphatic rings. The molecule has 2 saturated heterocycles. The van der Waals surface area contributed by atoms with E-state index in [-0.39, 0.29) is 6.03 Å². The first-order valence-electron chi connectivity index (χ1n) is 12.4. The maximum absolute atomic E-state index is 12.2. The molecule has 2 heterocycles. The van der Waals surface area contributed by atoms with Gasteiger partial charge in [0.2, 0.25) is 0 Å².